The van der Waals surface area contributed by atoms with E-state index in [-0.39, 0.29) is 6.54 Å². The number of benzene rings is 2. The zero-order valence-corrected chi connectivity index (χ0v) is 12.7. The molecule has 1 heterocycles. The average Bonchev–Trinajstić information content (AvgIpc) is 3.01. The average molecular weight is 329 g/mol. The van der Waals surface area contributed by atoms with Gasteiger partial charge in [-0.2, -0.15) is 5.10 Å². The Morgan fingerprint density at radius 3 is 2.65 bits per heavy atom. The summed E-state index contributed by atoms with van der Waals surface area (Å²) in [4.78, 5) is 23.7. The number of halogens is 1. The summed E-state index contributed by atoms with van der Waals surface area (Å²) in [5.74, 6) is -1.43. The summed E-state index contributed by atoms with van der Waals surface area (Å²) in [7, 11) is 0. The maximum atomic E-state index is 11.9. The fraction of sp³-hybridized carbons (Fsp3) is 0.0625. The van der Waals surface area contributed by atoms with E-state index in [1.165, 1.54) is 0 Å². The minimum absolute atomic E-state index is 0.253. The predicted molar refractivity (Wildman–Crippen MR) is 88.0 cm³/mol. The number of fused-ring (bicyclic) bond motifs is 1. The zero-order chi connectivity index (χ0) is 16.2. The quantitative estimate of drug-likeness (QED) is 0.645. The zero-order valence-electron chi connectivity index (χ0n) is 12.0. The van der Waals surface area contributed by atoms with E-state index in [2.05, 4.69) is 20.8 Å². The van der Waals surface area contributed by atoms with Crippen molar-refractivity contribution in [3.8, 4) is 0 Å². The molecule has 0 radical (unpaired) electrons. The van der Waals surface area contributed by atoms with Gasteiger partial charge in [-0.1, -0.05) is 23.7 Å². The molecule has 0 unspecified atom stereocenters. The standard InChI is InChI=1S/C16H13ClN4O2/c17-12-4-1-10(2-5-12)8-18-15(22)16(23)20-13-6-3-11-9-19-21-14(11)7-13/h1-7,9H,8H2,(H,18,22)(H,19,21)(H,20,23). The summed E-state index contributed by atoms with van der Waals surface area (Å²) in [6.45, 7) is 0.253. The van der Waals surface area contributed by atoms with E-state index in [1.807, 2.05) is 0 Å². The Kier molecular flexibility index (Phi) is 4.25. The fourth-order valence-electron chi connectivity index (χ4n) is 2.07. The normalized spacial score (nSPS) is 10.5. The molecule has 0 saturated heterocycles. The molecule has 0 aliphatic rings. The van der Waals surface area contributed by atoms with Crippen LogP contribution in [-0.2, 0) is 16.1 Å². The number of aromatic nitrogens is 2. The van der Waals surface area contributed by atoms with Crippen molar-refractivity contribution in [2.24, 2.45) is 0 Å². The van der Waals surface area contributed by atoms with Gasteiger partial charge in [0.25, 0.3) is 0 Å². The van der Waals surface area contributed by atoms with Crippen LogP contribution in [0.15, 0.2) is 48.7 Å². The van der Waals surface area contributed by atoms with Crippen LogP contribution in [0.25, 0.3) is 10.9 Å². The van der Waals surface area contributed by atoms with Crippen LogP contribution >= 0.6 is 11.6 Å². The Hall–Kier alpha value is -2.86. The molecular formula is C16H13ClN4O2. The van der Waals surface area contributed by atoms with Crippen LogP contribution < -0.4 is 10.6 Å². The lowest BCUT2D eigenvalue weighted by molar-refractivity contribution is -0.136. The number of rotatable bonds is 3. The Balaban J connectivity index is 1.58. The second kappa shape index (κ2) is 6.50. The van der Waals surface area contributed by atoms with Gasteiger partial charge in [-0.3, -0.25) is 14.7 Å². The fourth-order valence-corrected chi connectivity index (χ4v) is 2.19. The number of anilines is 1. The van der Waals surface area contributed by atoms with E-state index >= 15 is 0 Å². The van der Waals surface area contributed by atoms with Crippen molar-refractivity contribution in [1.82, 2.24) is 15.5 Å². The summed E-state index contributed by atoms with van der Waals surface area (Å²) >= 11 is 5.79. The number of H-pyrrole nitrogens is 1. The predicted octanol–water partition coefficient (Wildman–Crippen LogP) is 2.47. The number of nitrogens with one attached hydrogen (secondary N) is 3. The third-order valence-electron chi connectivity index (χ3n) is 3.27. The van der Waals surface area contributed by atoms with E-state index in [1.54, 1.807) is 48.7 Å². The van der Waals surface area contributed by atoms with Crippen LogP contribution in [0.2, 0.25) is 5.02 Å². The molecule has 0 aliphatic carbocycles. The first-order valence-corrected chi connectivity index (χ1v) is 7.26. The molecule has 0 aliphatic heterocycles. The molecule has 7 heteroatoms. The van der Waals surface area contributed by atoms with Crippen LogP contribution in [-0.4, -0.2) is 22.0 Å². The van der Waals surface area contributed by atoms with Gasteiger partial charge in [-0.25, -0.2) is 0 Å². The first kappa shape index (κ1) is 15.1. The van der Waals surface area contributed by atoms with E-state index in [0.29, 0.717) is 10.7 Å². The third-order valence-corrected chi connectivity index (χ3v) is 3.52. The molecule has 1 aromatic heterocycles. The molecular weight excluding hydrogens is 316 g/mol. The molecule has 0 bridgehead atoms. The Morgan fingerprint density at radius 2 is 1.87 bits per heavy atom. The van der Waals surface area contributed by atoms with Crippen LogP contribution in [0, 0.1) is 0 Å². The molecule has 6 nitrogen and oxygen atoms in total. The van der Waals surface area contributed by atoms with Gasteiger partial charge in [0.1, 0.15) is 0 Å². The van der Waals surface area contributed by atoms with Crippen LogP contribution in [0.5, 0.6) is 0 Å². The van der Waals surface area contributed by atoms with Gasteiger partial charge in [0.15, 0.2) is 0 Å². The highest BCUT2D eigenvalue weighted by Gasteiger charge is 2.13. The van der Waals surface area contributed by atoms with E-state index in [0.717, 1.165) is 16.5 Å². The Bertz CT molecular complexity index is 858. The molecule has 3 N–H and O–H groups in total. The van der Waals surface area contributed by atoms with Crippen molar-refractivity contribution in [3.05, 3.63) is 59.2 Å². The van der Waals surface area contributed by atoms with Crippen LogP contribution in [0.3, 0.4) is 0 Å². The maximum absolute atomic E-state index is 11.9. The molecule has 0 fully saturated rings. The smallest absolute Gasteiger partial charge is 0.313 e. The SMILES string of the molecule is O=C(NCc1ccc(Cl)cc1)C(=O)Nc1ccc2cn[nH]c2c1. The largest absolute Gasteiger partial charge is 0.344 e. The van der Waals surface area contributed by atoms with Crippen molar-refractivity contribution in [1.29, 1.82) is 0 Å². The summed E-state index contributed by atoms with van der Waals surface area (Å²) in [5, 5.41) is 13.3. The minimum Gasteiger partial charge on any atom is -0.344 e. The number of nitrogens with zero attached hydrogens (tertiary/aromatic N) is 1. The molecule has 2 amide bonds. The van der Waals surface area contributed by atoms with Gasteiger partial charge in [-0.05, 0) is 35.9 Å². The molecule has 23 heavy (non-hydrogen) atoms. The molecule has 0 atom stereocenters. The lowest BCUT2D eigenvalue weighted by atomic mass is 10.2. The number of carbonyl (C=O) groups is 2. The van der Waals surface area contributed by atoms with E-state index < -0.39 is 11.8 Å². The highest BCUT2D eigenvalue weighted by molar-refractivity contribution is 6.39. The van der Waals surface area contributed by atoms with Crippen LogP contribution in [0.4, 0.5) is 5.69 Å². The van der Waals surface area contributed by atoms with Crippen molar-refractivity contribution in [2.75, 3.05) is 5.32 Å². The van der Waals surface area contributed by atoms with E-state index in [4.69, 9.17) is 11.6 Å². The van der Waals surface area contributed by atoms with Gasteiger partial charge in [-0.15, -0.1) is 0 Å². The lowest BCUT2D eigenvalue weighted by Crippen LogP contribution is -2.34. The molecule has 0 saturated carbocycles. The first-order chi connectivity index (χ1) is 11.1. The topological polar surface area (TPSA) is 86.9 Å². The maximum Gasteiger partial charge on any atom is 0.313 e. The Morgan fingerprint density at radius 1 is 1.09 bits per heavy atom. The van der Waals surface area contributed by atoms with Gasteiger partial charge < -0.3 is 10.6 Å². The third kappa shape index (κ3) is 3.67. The first-order valence-electron chi connectivity index (χ1n) is 6.88. The number of aromatic amines is 1. The lowest BCUT2D eigenvalue weighted by Gasteiger charge is -2.07. The molecule has 3 aromatic rings. The number of amides is 2. The van der Waals surface area contributed by atoms with Crippen molar-refractivity contribution >= 4 is 40.0 Å². The van der Waals surface area contributed by atoms with E-state index in [9.17, 15) is 9.59 Å². The monoisotopic (exact) mass is 328 g/mol. The second-order valence-electron chi connectivity index (χ2n) is 4.94. The minimum atomic E-state index is -0.724. The van der Waals surface area contributed by atoms with Crippen molar-refractivity contribution in [2.45, 2.75) is 6.54 Å². The number of hydrogen-bond acceptors (Lipinski definition) is 3. The van der Waals surface area contributed by atoms with Crippen LogP contribution in [0.1, 0.15) is 5.56 Å². The van der Waals surface area contributed by atoms with Gasteiger partial charge >= 0.3 is 11.8 Å². The van der Waals surface area contributed by atoms with Gasteiger partial charge in [0.05, 0.1) is 11.7 Å². The van der Waals surface area contributed by atoms with Gasteiger partial charge in [0, 0.05) is 22.6 Å². The summed E-state index contributed by atoms with van der Waals surface area (Å²) in [6, 6.07) is 12.2. The summed E-state index contributed by atoms with van der Waals surface area (Å²) < 4.78 is 0. The van der Waals surface area contributed by atoms with Crippen molar-refractivity contribution in [3.63, 3.8) is 0 Å². The molecule has 116 valence electrons. The highest BCUT2D eigenvalue weighted by Crippen LogP contribution is 2.16. The highest BCUT2D eigenvalue weighted by atomic mass is 35.5. The van der Waals surface area contributed by atoms with Gasteiger partial charge in [0.2, 0.25) is 0 Å². The second-order valence-corrected chi connectivity index (χ2v) is 5.37. The summed E-state index contributed by atoms with van der Waals surface area (Å²) in [5.41, 5.74) is 2.16. The number of carbonyl (C=O) groups excluding carboxylic acids is 2. The molecule has 0 spiro atoms. The molecule has 2 aromatic carbocycles. The Labute approximate surface area is 136 Å². The number of hydrogen-bond donors (Lipinski definition) is 3. The van der Waals surface area contributed by atoms with Crippen molar-refractivity contribution < 1.29 is 9.59 Å². The molecule has 3 rings (SSSR count). The summed E-state index contributed by atoms with van der Waals surface area (Å²) in [6.07, 6.45) is 1.68.